The number of methoxy groups -OCH3 is 1. The summed E-state index contributed by atoms with van der Waals surface area (Å²) < 4.78 is 4.71. The van der Waals surface area contributed by atoms with Crippen molar-refractivity contribution >= 4 is 17.7 Å². The summed E-state index contributed by atoms with van der Waals surface area (Å²) in [5.41, 5.74) is 1.58. The van der Waals surface area contributed by atoms with Crippen LogP contribution in [0, 0.1) is 55.4 Å². The molecule has 0 spiro atoms. The minimum absolute atomic E-state index is 0. The van der Waals surface area contributed by atoms with Crippen LogP contribution in [0.2, 0.25) is 0 Å². The van der Waals surface area contributed by atoms with E-state index in [1.54, 1.807) is 12.1 Å². The normalized spacial score (nSPS) is 23.4. The van der Waals surface area contributed by atoms with Gasteiger partial charge in [-0.05, 0) is 48.8 Å². The van der Waals surface area contributed by atoms with Crippen molar-refractivity contribution < 1.29 is 68.9 Å². The molecular weight excluding hydrogens is 627 g/mol. The van der Waals surface area contributed by atoms with Crippen LogP contribution < -0.4 is 0 Å². The number of rotatable bonds is 9. The average molecular weight is 660 g/mol. The third kappa shape index (κ3) is 6.39. The first-order valence-corrected chi connectivity index (χ1v) is 11.6. The maximum atomic E-state index is 11.5. The molecule has 1 radical (unpaired) electrons. The van der Waals surface area contributed by atoms with Crippen molar-refractivity contribution in [2.75, 3.05) is 7.11 Å². The summed E-state index contributed by atoms with van der Waals surface area (Å²) >= 11 is 1.50. The van der Waals surface area contributed by atoms with Gasteiger partial charge >= 0.3 is 5.97 Å². The zero-order chi connectivity index (χ0) is 21.7. The fourth-order valence-corrected chi connectivity index (χ4v) is 5.55. The molecule has 0 aromatic heterocycles. The number of esters is 1. The van der Waals surface area contributed by atoms with Gasteiger partial charge in [-0.25, -0.2) is 4.79 Å². The largest absolute Gasteiger partial charge is 0.511 e. The summed E-state index contributed by atoms with van der Waals surface area (Å²) in [4.78, 5) is 12.3. The average Bonchev–Trinajstić information content (AvgIpc) is 2.98. The van der Waals surface area contributed by atoms with Crippen LogP contribution in [0.4, 0.5) is 0 Å². The molecular formula is C24H32AcO5S. The maximum Gasteiger partial charge on any atom is 0.337 e. The number of carbonyl (C=O) groups excluding carboxylic acids is 1. The van der Waals surface area contributed by atoms with E-state index in [0.717, 1.165) is 29.7 Å². The van der Waals surface area contributed by atoms with E-state index in [9.17, 15) is 20.1 Å². The summed E-state index contributed by atoms with van der Waals surface area (Å²) in [6.45, 7) is 2.14. The van der Waals surface area contributed by atoms with Gasteiger partial charge in [-0.3, -0.25) is 0 Å². The zero-order valence-electron chi connectivity index (χ0n) is 18.3. The molecule has 1 saturated carbocycles. The molecule has 5 nitrogen and oxygen atoms in total. The number of thioether (sulfide) groups is 1. The Bertz CT molecular complexity index is 795. The number of aliphatic hydroxyl groups is 3. The van der Waals surface area contributed by atoms with Crippen molar-refractivity contribution in [3.05, 3.63) is 58.2 Å². The third-order valence-electron chi connectivity index (χ3n) is 6.64. The third-order valence-corrected chi connectivity index (χ3v) is 7.93. The van der Waals surface area contributed by atoms with E-state index >= 15 is 0 Å². The fourth-order valence-electron chi connectivity index (χ4n) is 4.36. The zero-order valence-corrected chi connectivity index (χ0v) is 23.9. The van der Waals surface area contributed by atoms with E-state index < -0.39 is 6.10 Å². The van der Waals surface area contributed by atoms with E-state index in [1.807, 2.05) is 24.3 Å². The Morgan fingerprint density at radius 1 is 1.32 bits per heavy atom. The van der Waals surface area contributed by atoms with Crippen molar-refractivity contribution in [3.63, 3.8) is 0 Å². The van der Waals surface area contributed by atoms with E-state index in [1.165, 1.54) is 25.3 Å². The molecule has 0 saturated heterocycles. The van der Waals surface area contributed by atoms with E-state index in [4.69, 9.17) is 4.74 Å². The Morgan fingerprint density at radius 2 is 2.00 bits per heavy atom. The quantitative estimate of drug-likeness (QED) is 0.263. The molecule has 0 amide bonds. The van der Waals surface area contributed by atoms with Crippen LogP contribution in [-0.2, 0) is 10.5 Å². The summed E-state index contributed by atoms with van der Waals surface area (Å²) in [6, 6.07) is 7.18. The number of ether oxygens (including phenoxy) is 1. The topological polar surface area (TPSA) is 87.0 Å². The predicted octanol–water partition coefficient (Wildman–Crippen LogP) is 4.74. The molecule has 3 rings (SSSR count). The second-order valence-corrected chi connectivity index (χ2v) is 9.35. The predicted molar refractivity (Wildman–Crippen MR) is 119 cm³/mol. The van der Waals surface area contributed by atoms with Gasteiger partial charge in [0.1, 0.15) is 5.76 Å². The van der Waals surface area contributed by atoms with E-state index in [2.05, 4.69) is 6.92 Å². The van der Waals surface area contributed by atoms with Crippen LogP contribution in [0.5, 0.6) is 0 Å². The molecule has 167 valence electrons. The number of carbonyl (C=O) groups is 1. The van der Waals surface area contributed by atoms with Gasteiger partial charge < -0.3 is 20.1 Å². The molecule has 0 heterocycles. The molecule has 3 N–H and O–H groups in total. The van der Waals surface area contributed by atoms with Gasteiger partial charge in [-0.2, -0.15) is 0 Å². The smallest absolute Gasteiger partial charge is 0.337 e. The van der Waals surface area contributed by atoms with Crippen molar-refractivity contribution in [3.8, 4) is 0 Å². The van der Waals surface area contributed by atoms with Gasteiger partial charge in [0, 0.05) is 67.1 Å². The Kier molecular flexibility index (Phi) is 10.6. The number of hydrogen-bond acceptors (Lipinski definition) is 6. The minimum atomic E-state index is -0.647. The first-order chi connectivity index (χ1) is 14.4. The first kappa shape index (κ1) is 26.9. The van der Waals surface area contributed by atoms with Gasteiger partial charge in [-0.15, -0.1) is 11.8 Å². The Hall–Kier alpha value is -0.318. The Labute approximate surface area is 224 Å². The number of aliphatic hydroxyl groups excluding tert-OH is 3. The summed E-state index contributed by atoms with van der Waals surface area (Å²) in [7, 11) is 1.35. The SMILES string of the molecule is CCC1(C(O)C/C=C/[C@@H]2C(SCc3ccc(C(=O)OC)cc3)=C(O)CC2O)CCC1.[Ac]. The van der Waals surface area contributed by atoms with Crippen LogP contribution in [0.3, 0.4) is 0 Å². The summed E-state index contributed by atoms with van der Waals surface area (Å²) in [6.07, 6.45) is 8.06. The van der Waals surface area contributed by atoms with Gasteiger partial charge in [0.2, 0.25) is 0 Å². The monoisotopic (exact) mass is 659 g/mol. The number of benzene rings is 1. The molecule has 3 atom stereocenters. The van der Waals surface area contributed by atoms with Crippen molar-refractivity contribution in [1.29, 1.82) is 0 Å². The second-order valence-electron chi connectivity index (χ2n) is 8.33. The van der Waals surface area contributed by atoms with Gasteiger partial charge in [-0.1, -0.05) is 37.6 Å². The summed E-state index contributed by atoms with van der Waals surface area (Å²) in [5.74, 6) is 0.237. The molecule has 2 unspecified atom stereocenters. The van der Waals surface area contributed by atoms with Crippen LogP contribution in [0.25, 0.3) is 0 Å². The molecule has 31 heavy (non-hydrogen) atoms. The fraction of sp³-hybridized carbons (Fsp3) is 0.542. The standard InChI is InChI=1S/C24H32O5S.Ac/c1-3-24(12-5-13-24)21(27)7-4-6-18-19(25)14-20(26)22(18)30-15-16-8-10-17(11-9-16)23(28)29-2;/h4,6,8-11,18-19,21,25-27H,3,5,7,12-15H2,1-2H3;/b6-4+;/t18-,19?,21?;/m0./s1. The minimum Gasteiger partial charge on any atom is -0.511 e. The number of hydrogen-bond donors (Lipinski definition) is 3. The summed E-state index contributed by atoms with van der Waals surface area (Å²) in [5, 5.41) is 31.3. The van der Waals surface area contributed by atoms with E-state index in [0.29, 0.717) is 17.7 Å². The van der Waals surface area contributed by atoms with Crippen LogP contribution >= 0.6 is 11.8 Å². The molecule has 1 aromatic rings. The molecule has 0 bridgehead atoms. The molecule has 1 fully saturated rings. The first-order valence-electron chi connectivity index (χ1n) is 10.6. The van der Waals surface area contributed by atoms with Crippen LogP contribution in [0.15, 0.2) is 47.1 Å². The molecule has 1 aromatic carbocycles. The van der Waals surface area contributed by atoms with Crippen molar-refractivity contribution in [2.24, 2.45) is 11.3 Å². The maximum absolute atomic E-state index is 11.5. The van der Waals surface area contributed by atoms with Crippen molar-refractivity contribution in [2.45, 2.75) is 63.4 Å². The van der Waals surface area contributed by atoms with E-state index in [-0.39, 0.29) is 79.6 Å². The molecule has 7 heteroatoms. The van der Waals surface area contributed by atoms with Crippen LogP contribution in [0.1, 0.15) is 61.4 Å². The van der Waals surface area contributed by atoms with Crippen LogP contribution in [-0.4, -0.2) is 40.6 Å². The van der Waals surface area contributed by atoms with Gasteiger partial charge in [0.05, 0.1) is 24.9 Å². The van der Waals surface area contributed by atoms with Crippen molar-refractivity contribution in [1.82, 2.24) is 0 Å². The molecule has 0 aliphatic heterocycles. The Balaban J connectivity index is 0.00000341. The second kappa shape index (κ2) is 12.2. The molecule has 2 aliphatic rings. The Morgan fingerprint density at radius 3 is 2.55 bits per heavy atom. The van der Waals surface area contributed by atoms with Gasteiger partial charge in [0.15, 0.2) is 0 Å². The molecule has 2 aliphatic carbocycles. The van der Waals surface area contributed by atoms with Gasteiger partial charge in [0.25, 0.3) is 0 Å².